The van der Waals surface area contributed by atoms with Crippen LogP contribution in [0.4, 0.5) is 0 Å². The monoisotopic (exact) mass is 314 g/mol. The van der Waals surface area contributed by atoms with Crippen LogP contribution in [0.2, 0.25) is 0 Å². The van der Waals surface area contributed by atoms with E-state index in [4.69, 9.17) is 9.15 Å². The highest BCUT2D eigenvalue weighted by molar-refractivity contribution is 5.26. The van der Waals surface area contributed by atoms with Crippen LogP contribution < -0.4 is 5.32 Å². The van der Waals surface area contributed by atoms with Crippen molar-refractivity contribution in [1.82, 2.24) is 10.2 Å². The molecule has 23 heavy (non-hydrogen) atoms. The first-order valence-corrected chi connectivity index (χ1v) is 8.42. The first-order valence-electron chi connectivity index (χ1n) is 8.42. The molecule has 0 aliphatic carbocycles. The van der Waals surface area contributed by atoms with Gasteiger partial charge >= 0.3 is 0 Å². The minimum atomic E-state index is 0.127. The number of rotatable bonds is 7. The molecular weight excluding hydrogens is 288 g/mol. The van der Waals surface area contributed by atoms with Crippen LogP contribution in [0.1, 0.15) is 30.2 Å². The summed E-state index contributed by atoms with van der Waals surface area (Å²) >= 11 is 0. The minimum Gasteiger partial charge on any atom is -0.467 e. The van der Waals surface area contributed by atoms with Crippen molar-refractivity contribution in [2.45, 2.75) is 24.9 Å². The van der Waals surface area contributed by atoms with Gasteiger partial charge in [-0.15, -0.1) is 0 Å². The maximum Gasteiger partial charge on any atom is 0.125 e. The van der Waals surface area contributed by atoms with Crippen LogP contribution in [0, 0.1) is 0 Å². The van der Waals surface area contributed by atoms with Crippen molar-refractivity contribution in [3.8, 4) is 0 Å². The second kappa shape index (κ2) is 8.29. The molecular formula is C19H26N2O2. The number of hydrogen-bond acceptors (Lipinski definition) is 4. The van der Waals surface area contributed by atoms with Crippen LogP contribution in [-0.2, 0) is 4.74 Å². The molecule has 0 saturated carbocycles. The molecule has 4 heteroatoms. The van der Waals surface area contributed by atoms with E-state index in [2.05, 4.69) is 46.6 Å². The SMILES string of the molecule is COCCN1CCC(NC(c2ccccc2)c2ccco2)CC1. The van der Waals surface area contributed by atoms with Gasteiger partial charge in [-0.3, -0.25) is 0 Å². The topological polar surface area (TPSA) is 37.6 Å². The number of furan rings is 1. The van der Waals surface area contributed by atoms with Gasteiger partial charge in [0.1, 0.15) is 5.76 Å². The Balaban J connectivity index is 1.62. The minimum absolute atomic E-state index is 0.127. The predicted octanol–water partition coefficient (Wildman–Crippen LogP) is 3.07. The number of ether oxygens (including phenoxy) is 1. The van der Waals surface area contributed by atoms with Crippen molar-refractivity contribution in [3.63, 3.8) is 0 Å². The molecule has 0 bridgehead atoms. The molecule has 2 aromatic rings. The number of piperidine rings is 1. The van der Waals surface area contributed by atoms with E-state index >= 15 is 0 Å². The van der Waals surface area contributed by atoms with Gasteiger partial charge in [-0.2, -0.15) is 0 Å². The Morgan fingerprint density at radius 3 is 2.61 bits per heavy atom. The molecule has 4 nitrogen and oxygen atoms in total. The van der Waals surface area contributed by atoms with Gasteiger partial charge in [-0.1, -0.05) is 30.3 Å². The number of nitrogens with one attached hydrogen (secondary N) is 1. The molecule has 3 rings (SSSR count). The van der Waals surface area contributed by atoms with Crippen molar-refractivity contribution < 1.29 is 9.15 Å². The van der Waals surface area contributed by atoms with Gasteiger partial charge < -0.3 is 19.4 Å². The summed E-state index contributed by atoms with van der Waals surface area (Å²) in [6.07, 6.45) is 4.07. The van der Waals surface area contributed by atoms with Gasteiger partial charge in [0.05, 0.1) is 18.9 Å². The predicted molar refractivity (Wildman–Crippen MR) is 91.5 cm³/mol. The van der Waals surface area contributed by atoms with E-state index in [0.717, 1.165) is 44.8 Å². The molecule has 1 N–H and O–H groups in total. The highest BCUT2D eigenvalue weighted by Crippen LogP contribution is 2.24. The Hall–Kier alpha value is -1.62. The third-order valence-corrected chi connectivity index (χ3v) is 4.56. The summed E-state index contributed by atoms with van der Waals surface area (Å²) < 4.78 is 10.8. The van der Waals surface area contributed by atoms with Gasteiger partial charge in [0, 0.05) is 19.7 Å². The van der Waals surface area contributed by atoms with Crippen LogP contribution in [0.15, 0.2) is 53.1 Å². The van der Waals surface area contributed by atoms with Gasteiger partial charge in [0.2, 0.25) is 0 Å². The summed E-state index contributed by atoms with van der Waals surface area (Å²) in [5, 5.41) is 3.80. The summed E-state index contributed by atoms with van der Waals surface area (Å²) in [6, 6.07) is 15.2. The van der Waals surface area contributed by atoms with Crippen LogP contribution in [0.5, 0.6) is 0 Å². The Morgan fingerprint density at radius 1 is 1.17 bits per heavy atom. The number of benzene rings is 1. The summed E-state index contributed by atoms with van der Waals surface area (Å²) in [7, 11) is 1.77. The summed E-state index contributed by atoms with van der Waals surface area (Å²) in [5.41, 5.74) is 1.25. The van der Waals surface area contributed by atoms with Crippen molar-refractivity contribution in [1.29, 1.82) is 0 Å². The fourth-order valence-electron chi connectivity index (χ4n) is 3.22. The quantitative estimate of drug-likeness (QED) is 0.852. The molecule has 124 valence electrons. The van der Waals surface area contributed by atoms with Gasteiger partial charge in [-0.05, 0) is 43.6 Å². The van der Waals surface area contributed by atoms with E-state index < -0.39 is 0 Å². The van der Waals surface area contributed by atoms with E-state index in [1.54, 1.807) is 13.4 Å². The third kappa shape index (κ3) is 4.44. The zero-order chi connectivity index (χ0) is 15.9. The molecule has 1 unspecified atom stereocenters. The fourth-order valence-corrected chi connectivity index (χ4v) is 3.22. The molecule has 1 aromatic heterocycles. The molecule has 0 amide bonds. The lowest BCUT2D eigenvalue weighted by Crippen LogP contribution is -2.44. The Kier molecular flexibility index (Phi) is 5.86. The highest BCUT2D eigenvalue weighted by Gasteiger charge is 2.24. The molecule has 1 saturated heterocycles. The largest absolute Gasteiger partial charge is 0.467 e. The molecule has 1 aliphatic rings. The van der Waals surface area contributed by atoms with Crippen molar-refractivity contribution >= 4 is 0 Å². The number of methoxy groups -OCH3 is 1. The normalized spacial score (nSPS) is 18.1. The van der Waals surface area contributed by atoms with E-state index in [1.165, 1.54) is 5.56 Å². The van der Waals surface area contributed by atoms with E-state index in [1.807, 2.05) is 6.07 Å². The lowest BCUT2D eigenvalue weighted by molar-refractivity contribution is 0.124. The third-order valence-electron chi connectivity index (χ3n) is 4.56. The van der Waals surface area contributed by atoms with Crippen LogP contribution >= 0.6 is 0 Å². The van der Waals surface area contributed by atoms with E-state index in [-0.39, 0.29) is 6.04 Å². The molecule has 1 atom stereocenters. The van der Waals surface area contributed by atoms with Crippen LogP contribution in [0.3, 0.4) is 0 Å². The molecule has 1 fully saturated rings. The fraction of sp³-hybridized carbons (Fsp3) is 0.474. The van der Waals surface area contributed by atoms with Crippen molar-refractivity contribution in [2.24, 2.45) is 0 Å². The molecule has 1 aromatic carbocycles. The number of likely N-dealkylation sites (tertiary alicyclic amines) is 1. The first kappa shape index (κ1) is 16.2. The molecule has 0 radical (unpaired) electrons. The lowest BCUT2D eigenvalue weighted by Gasteiger charge is -2.34. The van der Waals surface area contributed by atoms with Gasteiger partial charge in [0.25, 0.3) is 0 Å². The lowest BCUT2D eigenvalue weighted by atomic mass is 9.99. The maximum absolute atomic E-state index is 5.68. The molecule has 0 spiro atoms. The van der Waals surface area contributed by atoms with Gasteiger partial charge in [0.15, 0.2) is 0 Å². The van der Waals surface area contributed by atoms with Crippen LogP contribution in [-0.4, -0.2) is 44.3 Å². The Bertz CT molecular complexity index is 548. The smallest absolute Gasteiger partial charge is 0.125 e. The number of nitrogens with zero attached hydrogens (tertiary/aromatic N) is 1. The van der Waals surface area contributed by atoms with Crippen LogP contribution in [0.25, 0.3) is 0 Å². The zero-order valence-electron chi connectivity index (χ0n) is 13.8. The molecule has 2 heterocycles. The van der Waals surface area contributed by atoms with E-state index in [0.29, 0.717) is 6.04 Å². The Morgan fingerprint density at radius 2 is 1.96 bits per heavy atom. The highest BCUT2D eigenvalue weighted by atomic mass is 16.5. The van der Waals surface area contributed by atoms with Crippen molar-refractivity contribution in [3.05, 3.63) is 60.1 Å². The maximum atomic E-state index is 5.68. The number of hydrogen-bond donors (Lipinski definition) is 1. The second-order valence-electron chi connectivity index (χ2n) is 6.13. The second-order valence-corrected chi connectivity index (χ2v) is 6.13. The van der Waals surface area contributed by atoms with E-state index in [9.17, 15) is 0 Å². The van der Waals surface area contributed by atoms with Crippen molar-refractivity contribution in [2.75, 3.05) is 33.4 Å². The summed E-state index contributed by atoms with van der Waals surface area (Å²) in [6.45, 7) is 4.10. The average Bonchev–Trinajstić information content (AvgIpc) is 3.14. The zero-order valence-corrected chi connectivity index (χ0v) is 13.8. The Labute approximate surface area is 138 Å². The summed E-state index contributed by atoms with van der Waals surface area (Å²) in [4.78, 5) is 2.48. The molecule has 1 aliphatic heterocycles. The summed E-state index contributed by atoms with van der Waals surface area (Å²) in [5.74, 6) is 0.984. The standard InChI is InChI=1S/C19H26N2O2/c1-22-15-13-21-11-9-17(10-12-21)20-19(18-8-5-14-23-18)16-6-3-2-4-7-16/h2-8,14,17,19-20H,9-13,15H2,1H3. The average molecular weight is 314 g/mol. The van der Waals surface area contributed by atoms with Gasteiger partial charge in [-0.25, -0.2) is 0 Å². The first-order chi connectivity index (χ1) is 11.4.